The van der Waals surface area contributed by atoms with Crippen molar-refractivity contribution in [2.75, 3.05) is 23.8 Å². The number of para-hydroxylation sites is 1. The quantitative estimate of drug-likeness (QED) is 0.543. The molecule has 1 fully saturated rings. The Morgan fingerprint density at radius 2 is 2.11 bits per heavy atom. The minimum atomic E-state index is -0.393. The van der Waals surface area contributed by atoms with Gasteiger partial charge in [-0.1, -0.05) is 6.07 Å². The van der Waals surface area contributed by atoms with Gasteiger partial charge in [-0.15, -0.1) is 0 Å². The minimum absolute atomic E-state index is 0.00438. The smallest absolute Gasteiger partial charge is 0.315 e. The molecular formula is C13H19N3O3. The Morgan fingerprint density at radius 1 is 1.42 bits per heavy atom. The van der Waals surface area contributed by atoms with Gasteiger partial charge in [0, 0.05) is 6.54 Å². The van der Waals surface area contributed by atoms with Crippen LogP contribution in [0.5, 0.6) is 0 Å². The molecule has 0 atom stereocenters. The predicted molar refractivity (Wildman–Crippen MR) is 74.6 cm³/mol. The fourth-order valence-corrected chi connectivity index (χ4v) is 2.39. The molecule has 1 saturated carbocycles. The van der Waals surface area contributed by atoms with Crippen LogP contribution in [0.3, 0.4) is 0 Å². The lowest BCUT2D eigenvalue weighted by Crippen LogP contribution is -2.48. The molecule has 0 bridgehead atoms. The second kappa shape index (κ2) is 5.44. The number of aliphatic hydroxyl groups is 1. The summed E-state index contributed by atoms with van der Waals surface area (Å²) in [6.45, 7) is 2.51. The minimum Gasteiger partial charge on any atom is -0.394 e. The Bertz CT molecular complexity index is 467. The summed E-state index contributed by atoms with van der Waals surface area (Å²) in [4.78, 5) is 10.9. The second-order valence-electron chi connectivity index (χ2n) is 4.91. The monoisotopic (exact) mass is 265 g/mol. The largest absolute Gasteiger partial charge is 0.394 e. The van der Waals surface area contributed by atoms with Crippen molar-refractivity contribution in [3.8, 4) is 0 Å². The highest BCUT2D eigenvalue weighted by molar-refractivity contribution is 5.76. The first-order chi connectivity index (χ1) is 9.12. The van der Waals surface area contributed by atoms with Crippen molar-refractivity contribution in [3.63, 3.8) is 0 Å². The summed E-state index contributed by atoms with van der Waals surface area (Å²) in [5.41, 5.74) is 0.626. The molecule has 1 aliphatic rings. The highest BCUT2D eigenvalue weighted by Gasteiger charge is 2.38. The average molecular weight is 265 g/mol. The van der Waals surface area contributed by atoms with Crippen LogP contribution in [0.2, 0.25) is 0 Å². The van der Waals surface area contributed by atoms with Crippen molar-refractivity contribution in [1.29, 1.82) is 0 Å². The van der Waals surface area contributed by atoms with Gasteiger partial charge in [-0.25, -0.2) is 0 Å². The van der Waals surface area contributed by atoms with Crippen LogP contribution in [-0.2, 0) is 0 Å². The fraction of sp³-hybridized carbons (Fsp3) is 0.538. The van der Waals surface area contributed by atoms with Gasteiger partial charge >= 0.3 is 5.69 Å². The lowest BCUT2D eigenvalue weighted by molar-refractivity contribution is -0.383. The zero-order valence-corrected chi connectivity index (χ0v) is 11.0. The second-order valence-corrected chi connectivity index (χ2v) is 4.91. The van der Waals surface area contributed by atoms with E-state index in [0.717, 1.165) is 19.3 Å². The van der Waals surface area contributed by atoms with Crippen molar-refractivity contribution in [2.45, 2.75) is 31.7 Å². The number of nitro groups is 1. The number of nitrogens with zero attached hydrogens (tertiary/aromatic N) is 1. The van der Waals surface area contributed by atoms with Gasteiger partial charge in [0.15, 0.2) is 0 Å². The van der Waals surface area contributed by atoms with E-state index in [1.54, 1.807) is 18.2 Å². The summed E-state index contributed by atoms with van der Waals surface area (Å²) in [6.07, 6.45) is 2.71. The first kappa shape index (κ1) is 13.6. The molecule has 6 heteroatoms. The van der Waals surface area contributed by atoms with E-state index in [1.807, 2.05) is 6.92 Å². The standard InChI is InChI=1S/C13H19N3O3/c1-2-14-10-5-3-6-11(12(10)16(18)19)15-13(9-17)7-4-8-13/h3,5-6,14-15,17H,2,4,7-9H2,1H3. The first-order valence-corrected chi connectivity index (χ1v) is 6.52. The number of benzene rings is 1. The molecule has 0 heterocycles. The Kier molecular flexibility index (Phi) is 3.90. The van der Waals surface area contributed by atoms with Crippen molar-refractivity contribution < 1.29 is 10.0 Å². The van der Waals surface area contributed by atoms with Crippen LogP contribution in [0.4, 0.5) is 17.1 Å². The van der Waals surface area contributed by atoms with Crippen LogP contribution in [0.15, 0.2) is 18.2 Å². The summed E-state index contributed by atoms with van der Waals surface area (Å²) >= 11 is 0. The molecule has 0 radical (unpaired) electrons. The molecule has 1 aromatic carbocycles. The van der Waals surface area contributed by atoms with Gasteiger partial charge in [-0.3, -0.25) is 10.1 Å². The molecule has 0 amide bonds. The van der Waals surface area contributed by atoms with Gasteiger partial charge in [0.05, 0.1) is 17.1 Å². The van der Waals surface area contributed by atoms with Gasteiger partial charge in [-0.05, 0) is 38.3 Å². The van der Waals surface area contributed by atoms with Crippen LogP contribution in [0.1, 0.15) is 26.2 Å². The Balaban J connectivity index is 2.33. The predicted octanol–water partition coefficient (Wildman–Crippen LogP) is 2.35. The van der Waals surface area contributed by atoms with Crippen LogP contribution in [0.25, 0.3) is 0 Å². The lowest BCUT2D eigenvalue weighted by Gasteiger charge is -2.41. The van der Waals surface area contributed by atoms with Crippen molar-refractivity contribution >= 4 is 17.1 Å². The number of hydrogen-bond donors (Lipinski definition) is 3. The molecule has 104 valence electrons. The van der Waals surface area contributed by atoms with Crippen molar-refractivity contribution in [2.24, 2.45) is 0 Å². The molecule has 2 rings (SSSR count). The molecule has 0 aromatic heterocycles. The summed E-state index contributed by atoms with van der Waals surface area (Å²) in [6, 6.07) is 5.16. The lowest BCUT2D eigenvalue weighted by atomic mass is 9.77. The number of hydrogen-bond acceptors (Lipinski definition) is 5. The number of aliphatic hydroxyl groups excluding tert-OH is 1. The van der Waals surface area contributed by atoms with E-state index in [1.165, 1.54) is 0 Å². The third kappa shape index (κ3) is 2.63. The SMILES string of the molecule is CCNc1cccc(NC2(CO)CCC2)c1[N+](=O)[O-]. The highest BCUT2D eigenvalue weighted by Crippen LogP contribution is 2.40. The molecule has 1 aliphatic carbocycles. The molecule has 1 aromatic rings. The molecule has 0 aliphatic heterocycles. The summed E-state index contributed by atoms with van der Waals surface area (Å²) in [5, 5.41) is 26.9. The van der Waals surface area contributed by atoms with Crippen LogP contribution >= 0.6 is 0 Å². The zero-order valence-electron chi connectivity index (χ0n) is 11.0. The van der Waals surface area contributed by atoms with Crippen LogP contribution in [-0.4, -0.2) is 28.7 Å². The first-order valence-electron chi connectivity index (χ1n) is 6.52. The molecule has 19 heavy (non-hydrogen) atoms. The van der Waals surface area contributed by atoms with Gasteiger partial charge in [0.25, 0.3) is 0 Å². The zero-order chi connectivity index (χ0) is 13.9. The van der Waals surface area contributed by atoms with E-state index in [4.69, 9.17) is 0 Å². The van der Waals surface area contributed by atoms with Gasteiger partial charge in [0.2, 0.25) is 0 Å². The maximum absolute atomic E-state index is 11.3. The summed E-state index contributed by atoms with van der Waals surface area (Å²) < 4.78 is 0. The topological polar surface area (TPSA) is 87.4 Å². The number of nitrogens with one attached hydrogen (secondary N) is 2. The number of rotatable bonds is 6. The molecule has 0 saturated heterocycles. The molecular weight excluding hydrogens is 246 g/mol. The maximum Gasteiger partial charge on any atom is 0.315 e. The van der Waals surface area contributed by atoms with E-state index in [-0.39, 0.29) is 17.2 Å². The Hall–Kier alpha value is -1.82. The van der Waals surface area contributed by atoms with Crippen LogP contribution in [0, 0.1) is 10.1 Å². The third-order valence-corrected chi connectivity index (χ3v) is 3.60. The van der Waals surface area contributed by atoms with E-state index < -0.39 is 5.54 Å². The van der Waals surface area contributed by atoms with Crippen molar-refractivity contribution in [3.05, 3.63) is 28.3 Å². The van der Waals surface area contributed by atoms with Crippen LogP contribution < -0.4 is 10.6 Å². The van der Waals surface area contributed by atoms with Crippen molar-refractivity contribution in [1.82, 2.24) is 0 Å². The highest BCUT2D eigenvalue weighted by atomic mass is 16.6. The van der Waals surface area contributed by atoms with Gasteiger partial charge in [-0.2, -0.15) is 0 Å². The summed E-state index contributed by atoms with van der Waals surface area (Å²) in [7, 11) is 0. The van der Waals surface area contributed by atoms with Gasteiger partial charge < -0.3 is 15.7 Å². The number of anilines is 2. The average Bonchev–Trinajstić information content (AvgIpc) is 2.34. The molecule has 0 unspecified atom stereocenters. The summed E-state index contributed by atoms with van der Waals surface area (Å²) in [5.74, 6) is 0. The normalized spacial score (nSPS) is 16.5. The Morgan fingerprint density at radius 3 is 2.58 bits per heavy atom. The van der Waals surface area contributed by atoms with E-state index in [2.05, 4.69) is 10.6 Å². The number of nitro benzene ring substituents is 1. The third-order valence-electron chi connectivity index (χ3n) is 3.60. The Labute approximate surface area is 112 Å². The molecule has 3 N–H and O–H groups in total. The maximum atomic E-state index is 11.3. The van der Waals surface area contributed by atoms with E-state index >= 15 is 0 Å². The van der Waals surface area contributed by atoms with E-state index in [0.29, 0.717) is 17.9 Å². The molecule has 0 spiro atoms. The fourth-order valence-electron chi connectivity index (χ4n) is 2.39. The van der Waals surface area contributed by atoms with Gasteiger partial charge in [0.1, 0.15) is 11.4 Å². The molecule has 6 nitrogen and oxygen atoms in total. The van der Waals surface area contributed by atoms with E-state index in [9.17, 15) is 15.2 Å².